The molecular formula is C11H17F2N3O. The van der Waals surface area contributed by atoms with E-state index in [0.29, 0.717) is 18.4 Å². The van der Waals surface area contributed by atoms with E-state index in [9.17, 15) is 13.9 Å². The maximum atomic E-state index is 13.2. The van der Waals surface area contributed by atoms with Gasteiger partial charge in [0, 0.05) is 12.6 Å². The average Bonchev–Trinajstić information content (AvgIpc) is 2.20. The highest BCUT2D eigenvalue weighted by Gasteiger charge is 2.12. The van der Waals surface area contributed by atoms with E-state index in [2.05, 4.69) is 10.3 Å². The summed E-state index contributed by atoms with van der Waals surface area (Å²) in [6, 6.07) is 0.666. The molecule has 17 heavy (non-hydrogen) atoms. The van der Waals surface area contributed by atoms with Crippen molar-refractivity contribution in [2.45, 2.75) is 26.4 Å². The summed E-state index contributed by atoms with van der Waals surface area (Å²) in [7, 11) is 0. The molecule has 0 saturated heterocycles. The van der Waals surface area contributed by atoms with E-state index < -0.39 is 17.7 Å². The number of hydrogen-bond donors (Lipinski definition) is 3. The molecule has 1 aromatic heterocycles. The second kappa shape index (κ2) is 5.77. The largest absolute Gasteiger partial charge is 0.391 e. The topological polar surface area (TPSA) is 71.2 Å². The molecule has 96 valence electrons. The van der Waals surface area contributed by atoms with Gasteiger partial charge in [-0.15, -0.1) is 0 Å². The molecular weight excluding hydrogens is 228 g/mol. The van der Waals surface area contributed by atoms with Crippen LogP contribution in [0.3, 0.4) is 0 Å². The molecule has 0 spiro atoms. The third-order valence-corrected chi connectivity index (χ3v) is 2.21. The van der Waals surface area contributed by atoms with Gasteiger partial charge in [-0.25, -0.2) is 13.8 Å². The van der Waals surface area contributed by atoms with Gasteiger partial charge in [0.25, 0.3) is 0 Å². The Morgan fingerprint density at radius 1 is 1.41 bits per heavy atom. The number of nitrogen functional groups attached to an aromatic ring is 1. The Hall–Kier alpha value is -1.43. The smallest absolute Gasteiger partial charge is 0.168 e. The molecule has 1 atom stereocenters. The molecule has 4 nitrogen and oxygen atoms in total. The number of nitrogens with one attached hydrogen (secondary N) is 1. The van der Waals surface area contributed by atoms with Crippen LogP contribution in [0.4, 0.5) is 20.4 Å². The molecule has 0 aliphatic carbocycles. The molecule has 0 aromatic carbocycles. The number of halogens is 2. The fraction of sp³-hybridized carbons (Fsp3) is 0.545. The van der Waals surface area contributed by atoms with E-state index in [1.807, 2.05) is 13.8 Å². The van der Waals surface area contributed by atoms with Crippen LogP contribution in [-0.2, 0) is 0 Å². The van der Waals surface area contributed by atoms with E-state index >= 15 is 0 Å². The van der Waals surface area contributed by atoms with Gasteiger partial charge in [-0.2, -0.15) is 0 Å². The number of anilines is 2. The highest BCUT2D eigenvalue weighted by Crippen LogP contribution is 2.16. The van der Waals surface area contributed by atoms with Crippen LogP contribution in [0.1, 0.15) is 20.3 Å². The van der Waals surface area contributed by atoms with Gasteiger partial charge in [0.05, 0.1) is 6.10 Å². The maximum absolute atomic E-state index is 13.2. The highest BCUT2D eigenvalue weighted by atomic mass is 19.1. The molecule has 0 bridgehead atoms. The number of rotatable bonds is 5. The van der Waals surface area contributed by atoms with E-state index in [-0.39, 0.29) is 18.2 Å². The molecule has 0 aliphatic heterocycles. The maximum Gasteiger partial charge on any atom is 0.168 e. The van der Waals surface area contributed by atoms with Gasteiger partial charge in [-0.05, 0) is 12.3 Å². The molecule has 0 radical (unpaired) electrons. The summed E-state index contributed by atoms with van der Waals surface area (Å²) in [5.74, 6) is -1.90. The van der Waals surface area contributed by atoms with Gasteiger partial charge >= 0.3 is 0 Å². The SMILES string of the molecule is CC(C)CC(O)CNc1nc(N)c(F)cc1F. The van der Waals surface area contributed by atoms with Gasteiger partial charge in [0.15, 0.2) is 23.3 Å². The first-order chi connectivity index (χ1) is 7.90. The van der Waals surface area contributed by atoms with Crippen molar-refractivity contribution in [3.8, 4) is 0 Å². The number of hydrogen-bond acceptors (Lipinski definition) is 4. The Morgan fingerprint density at radius 3 is 2.65 bits per heavy atom. The quantitative estimate of drug-likeness (QED) is 0.739. The molecule has 0 fully saturated rings. The summed E-state index contributed by atoms with van der Waals surface area (Å²) in [6.07, 6.45) is -0.0202. The molecule has 4 N–H and O–H groups in total. The van der Waals surface area contributed by atoms with Gasteiger partial charge < -0.3 is 16.2 Å². The third-order valence-electron chi connectivity index (χ3n) is 2.21. The van der Waals surface area contributed by atoms with E-state index in [4.69, 9.17) is 5.73 Å². The van der Waals surface area contributed by atoms with Crippen LogP contribution in [0.15, 0.2) is 6.07 Å². The van der Waals surface area contributed by atoms with Gasteiger partial charge in [-0.3, -0.25) is 0 Å². The Balaban J connectivity index is 2.60. The van der Waals surface area contributed by atoms with Crippen molar-refractivity contribution in [2.24, 2.45) is 5.92 Å². The molecule has 0 amide bonds. The van der Waals surface area contributed by atoms with Crippen LogP contribution in [0.25, 0.3) is 0 Å². The number of pyridine rings is 1. The van der Waals surface area contributed by atoms with Crippen LogP contribution in [0.2, 0.25) is 0 Å². The summed E-state index contributed by atoms with van der Waals surface area (Å²) >= 11 is 0. The first-order valence-electron chi connectivity index (χ1n) is 5.43. The zero-order chi connectivity index (χ0) is 13.0. The number of aliphatic hydroxyl groups excluding tert-OH is 1. The zero-order valence-electron chi connectivity index (χ0n) is 9.87. The van der Waals surface area contributed by atoms with Gasteiger partial charge in [-0.1, -0.05) is 13.8 Å². The zero-order valence-corrected chi connectivity index (χ0v) is 9.87. The number of aliphatic hydroxyl groups is 1. The van der Waals surface area contributed by atoms with E-state index in [1.165, 1.54) is 0 Å². The normalized spacial score (nSPS) is 12.8. The lowest BCUT2D eigenvalue weighted by molar-refractivity contribution is 0.161. The molecule has 1 aromatic rings. The third kappa shape index (κ3) is 4.14. The van der Waals surface area contributed by atoms with E-state index in [1.54, 1.807) is 0 Å². The Bertz CT molecular complexity index is 385. The second-order valence-electron chi connectivity index (χ2n) is 4.35. The Kier molecular flexibility index (Phi) is 4.62. The fourth-order valence-electron chi connectivity index (χ4n) is 1.45. The van der Waals surface area contributed by atoms with Crippen molar-refractivity contribution in [2.75, 3.05) is 17.6 Å². The molecule has 6 heteroatoms. The second-order valence-corrected chi connectivity index (χ2v) is 4.35. The van der Waals surface area contributed by atoms with Gasteiger partial charge in [0.1, 0.15) is 0 Å². The van der Waals surface area contributed by atoms with Crippen LogP contribution in [-0.4, -0.2) is 22.7 Å². The van der Waals surface area contributed by atoms with Crippen LogP contribution in [0, 0.1) is 17.6 Å². The standard InChI is InChI=1S/C11H17F2N3O/c1-6(2)3-7(17)5-15-11-9(13)4-8(12)10(14)16-11/h4,6-7,17H,3,5H2,1-2H3,(H3,14,15,16). The first kappa shape index (κ1) is 13.6. The minimum Gasteiger partial charge on any atom is -0.391 e. The van der Waals surface area contributed by atoms with Crippen molar-refractivity contribution in [3.05, 3.63) is 17.7 Å². The van der Waals surface area contributed by atoms with Crippen LogP contribution >= 0.6 is 0 Å². The minimum atomic E-state index is -0.893. The van der Waals surface area contributed by atoms with Crippen LogP contribution < -0.4 is 11.1 Å². The minimum absolute atomic E-state index is 0.146. The van der Waals surface area contributed by atoms with Gasteiger partial charge in [0.2, 0.25) is 0 Å². The molecule has 1 unspecified atom stereocenters. The molecule has 1 rings (SSSR count). The van der Waals surface area contributed by atoms with Crippen molar-refractivity contribution in [1.82, 2.24) is 4.98 Å². The lowest BCUT2D eigenvalue weighted by Crippen LogP contribution is -2.22. The first-order valence-corrected chi connectivity index (χ1v) is 5.43. The summed E-state index contributed by atoms with van der Waals surface area (Å²) in [4.78, 5) is 3.53. The molecule has 0 saturated carbocycles. The molecule has 1 heterocycles. The van der Waals surface area contributed by atoms with Crippen molar-refractivity contribution >= 4 is 11.6 Å². The summed E-state index contributed by atoms with van der Waals surface area (Å²) in [5.41, 5.74) is 5.22. The van der Waals surface area contributed by atoms with Crippen molar-refractivity contribution < 1.29 is 13.9 Å². The summed E-state index contributed by atoms with van der Waals surface area (Å²) in [5, 5.41) is 12.2. The lowest BCUT2D eigenvalue weighted by atomic mass is 10.1. The fourth-order valence-corrected chi connectivity index (χ4v) is 1.45. The highest BCUT2D eigenvalue weighted by molar-refractivity contribution is 5.44. The van der Waals surface area contributed by atoms with E-state index in [0.717, 1.165) is 0 Å². The predicted octanol–water partition coefficient (Wildman–Crippen LogP) is 1.76. The Morgan fingerprint density at radius 2 is 2.06 bits per heavy atom. The average molecular weight is 245 g/mol. The summed E-state index contributed by atoms with van der Waals surface area (Å²) in [6.45, 7) is 4.09. The lowest BCUT2D eigenvalue weighted by Gasteiger charge is -2.14. The van der Waals surface area contributed by atoms with Crippen molar-refractivity contribution in [1.29, 1.82) is 0 Å². The molecule has 0 aliphatic rings. The van der Waals surface area contributed by atoms with Crippen molar-refractivity contribution in [3.63, 3.8) is 0 Å². The van der Waals surface area contributed by atoms with Crippen LogP contribution in [0.5, 0.6) is 0 Å². The predicted molar refractivity (Wildman–Crippen MR) is 62.5 cm³/mol. The Labute approximate surface area is 98.9 Å². The monoisotopic (exact) mass is 245 g/mol. The number of aromatic nitrogens is 1. The summed E-state index contributed by atoms with van der Waals surface area (Å²) < 4.78 is 26.1. The number of nitrogens with zero attached hydrogens (tertiary/aromatic N) is 1. The number of nitrogens with two attached hydrogens (primary N) is 1.